The van der Waals surface area contributed by atoms with Gasteiger partial charge in [0.1, 0.15) is 5.78 Å². The predicted molar refractivity (Wildman–Crippen MR) is 69.2 cm³/mol. The lowest BCUT2D eigenvalue weighted by molar-refractivity contribution is -0.119. The average molecular weight is 231 g/mol. The van der Waals surface area contributed by atoms with E-state index in [1.807, 2.05) is 6.20 Å². The van der Waals surface area contributed by atoms with Gasteiger partial charge in [0.05, 0.1) is 0 Å². The Bertz CT molecular complexity index is 429. The summed E-state index contributed by atoms with van der Waals surface area (Å²) >= 11 is 0. The molecule has 1 aliphatic carbocycles. The molecule has 1 heterocycles. The molecule has 0 radical (unpaired) electrons. The van der Waals surface area contributed by atoms with E-state index in [0.29, 0.717) is 12.2 Å². The number of aryl methyl sites for hydroxylation is 2. The van der Waals surface area contributed by atoms with Crippen molar-refractivity contribution in [3.63, 3.8) is 0 Å². The maximum atomic E-state index is 11.5. The number of rotatable bonds is 0. The molecule has 1 aromatic heterocycles. The lowest BCUT2D eigenvalue weighted by Crippen LogP contribution is -2.15. The van der Waals surface area contributed by atoms with E-state index in [-0.39, 0.29) is 5.41 Å². The number of pyridine rings is 1. The molecule has 0 fully saturated rings. The molecule has 0 saturated heterocycles. The van der Waals surface area contributed by atoms with Crippen molar-refractivity contribution < 1.29 is 4.79 Å². The average Bonchev–Trinajstić information content (AvgIpc) is 2.23. The number of fused-ring (bicyclic) bond motifs is 1. The Labute approximate surface area is 103 Å². The molecular formula is C15H21NO. The van der Waals surface area contributed by atoms with Crippen LogP contribution in [0.15, 0.2) is 12.3 Å². The van der Waals surface area contributed by atoms with E-state index in [1.54, 1.807) is 0 Å². The number of aromatic nitrogens is 1. The van der Waals surface area contributed by atoms with Crippen LogP contribution < -0.4 is 0 Å². The maximum absolute atomic E-state index is 11.5. The van der Waals surface area contributed by atoms with E-state index in [1.165, 1.54) is 16.8 Å². The first kappa shape index (κ1) is 12.3. The first-order valence-electron chi connectivity index (χ1n) is 6.47. The summed E-state index contributed by atoms with van der Waals surface area (Å²) in [7, 11) is 0. The van der Waals surface area contributed by atoms with Gasteiger partial charge in [0, 0.05) is 24.7 Å². The largest absolute Gasteiger partial charge is 0.300 e. The molecule has 0 bridgehead atoms. The highest BCUT2D eigenvalue weighted by Gasteiger charge is 2.18. The van der Waals surface area contributed by atoms with Gasteiger partial charge in [-0.05, 0) is 35.8 Å². The highest BCUT2D eigenvalue weighted by Crippen LogP contribution is 2.25. The number of hydrogen-bond acceptors (Lipinski definition) is 2. The van der Waals surface area contributed by atoms with E-state index >= 15 is 0 Å². The Kier molecular flexibility index (Phi) is 3.32. The second kappa shape index (κ2) is 4.59. The summed E-state index contributed by atoms with van der Waals surface area (Å²) in [6.07, 6.45) is 6.18. The Morgan fingerprint density at radius 2 is 1.88 bits per heavy atom. The number of Topliss-reactive ketones (excluding diaryl/α,β-unsaturated/α-hetero) is 1. The molecule has 1 aliphatic rings. The van der Waals surface area contributed by atoms with Gasteiger partial charge in [0.2, 0.25) is 0 Å². The molecule has 0 amide bonds. The summed E-state index contributed by atoms with van der Waals surface area (Å²) in [5.74, 6) is 0.400. The summed E-state index contributed by atoms with van der Waals surface area (Å²) in [6, 6.07) is 2.25. The SMILES string of the molecule is CC(C)(C)c1cnc2c(c1)CCC(=O)CCC2. The molecule has 1 aromatic rings. The summed E-state index contributed by atoms with van der Waals surface area (Å²) in [5, 5.41) is 0. The number of nitrogens with zero attached hydrogens (tertiary/aromatic N) is 1. The van der Waals surface area contributed by atoms with Crippen LogP contribution in [0.2, 0.25) is 0 Å². The third-order valence-electron chi connectivity index (χ3n) is 3.47. The second-order valence-electron chi connectivity index (χ2n) is 5.97. The van der Waals surface area contributed by atoms with E-state index in [4.69, 9.17) is 0 Å². The van der Waals surface area contributed by atoms with Crippen molar-refractivity contribution >= 4 is 5.78 Å². The molecule has 92 valence electrons. The van der Waals surface area contributed by atoms with Gasteiger partial charge >= 0.3 is 0 Å². The zero-order valence-electron chi connectivity index (χ0n) is 11.0. The lowest BCUT2D eigenvalue weighted by atomic mass is 9.85. The molecular weight excluding hydrogens is 210 g/mol. The number of hydrogen-bond donors (Lipinski definition) is 0. The highest BCUT2D eigenvalue weighted by atomic mass is 16.1. The molecule has 0 spiro atoms. The van der Waals surface area contributed by atoms with Crippen LogP contribution in [0.1, 0.15) is 56.9 Å². The Balaban J connectivity index is 2.33. The van der Waals surface area contributed by atoms with Crippen molar-refractivity contribution in [2.24, 2.45) is 0 Å². The molecule has 2 heteroatoms. The predicted octanol–water partition coefficient (Wildman–Crippen LogP) is 3.22. The van der Waals surface area contributed by atoms with Gasteiger partial charge in [-0.15, -0.1) is 0 Å². The van der Waals surface area contributed by atoms with Crippen molar-refractivity contribution in [2.75, 3.05) is 0 Å². The molecule has 0 N–H and O–H groups in total. The minimum Gasteiger partial charge on any atom is -0.300 e. The van der Waals surface area contributed by atoms with E-state index in [9.17, 15) is 4.79 Å². The fraction of sp³-hybridized carbons (Fsp3) is 0.600. The maximum Gasteiger partial charge on any atom is 0.133 e. The fourth-order valence-electron chi connectivity index (χ4n) is 2.24. The molecule has 0 unspecified atom stereocenters. The summed E-state index contributed by atoms with van der Waals surface area (Å²) in [5.41, 5.74) is 3.88. The fourth-order valence-corrected chi connectivity index (χ4v) is 2.24. The first-order chi connectivity index (χ1) is 7.97. The lowest BCUT2D eigenvalue weighted by Gasteiger charge is -2.21. The van der Waals surface area contributed by atoms with Crippen molar-refractivity contribution in [3.05, 3.63) is 29.1 Å². The van der Waals surface area contributed by atoms with Crippen LogP contribution >= 0.6 is 0 Å². The molecule has 0 aliphatic heterocycles. The van der Waals surface area contributed by atoms with Gasteiger partial charge in [-0.2, -0.15) is 0 Å². The zero-order valence-corrected chi connectivity index (χ0v) is 11.0. The Hall–Kier alpha value is -1.18. The third-order valence-corrected chi connectivity index (χ3v) is 3.47. The van der Waals surface area contributed by atoms with Gasteiger partial charge in [0.15, 0.2) is 0 Å². The van der Waals surface area contributed by atoms with Crippen LogP contribution in [0.25, 0.3) is 0 Å². The molecule has 0 aromatic carbocycles. The summed E-state index contributed by atoms with van der Waals surface area (Å²) in [6.45, 7) is 6.60. The zero-order chi connectivity index (χ0) is 12.5. The number of ketones is 1. The third kappa shape index (κ3) is 2.93. The van der Waals surface area contributed by atoms with E-state index in [2.05, 4.69) is 31.8 Å². The summed E-state index contributed by atoms with van der Waals surface area (Å²) < 4.78 is 0. The Morgan fingerprint density at radius 1 is 1.12 bits per heavy atom. The quantitative estimate of drug-likeness (QED) is 0.686. The van der Waals surface area contributed by atoms with Crippen LogP contribution in [0, 0.1) is 0 Å². The van der Waals surface area contributed by atoms with Crippen molar-refractivity contribution in [1.82, 2.24) is 4.98 Å². The topological polar surface area (TPSA) is 30.0 Å². The van der Waals surface area contributed by atoms with Gasteiger partial charge in [-0.3, -0.25) is 9.78 Å². The van der Waals surface area contributed by atoms with Gasteiger partial charge in [-0.25, -0.2) is 0 Å². The molecule has 2 rings (SSSR count). The van der Waals surface area contributed by atoms with Gasteiger partial charge in [0.25, 0.3) is 0 Å². The van der Waals surface area contributed by atoms with Crippen LogP contribution in [-0.4, -0.2) is 10.8 Å². The van der Waals surface area contributed by atoms with Crippen LogP contribution in [0.4, 0.5) is 0 Å². The molecule has 0 saturated carbocycles. The van der Waals surface area contributed by atoms with Crippen LogP contribution in [0.3, 0.4) is 0 Å². The highest BCUT2D eigenvalue weighted by molar-refractivity contribution is 5.78. The summed E-state index contributed by atoms with van der Waals surface area (Å²) in [4.78, 5) is 16.1. The molecule has 2 nitrogen and oxygen atoms in total. The smallest absolute Gasteiger partial charge is 0.133 e. The van der Waals surface area contributed by atoms with Gasteiger partial charge in [-0.1, -0.05) is 26.8 Å². The number of carbonyl (C=O) groups excluding carboxylic acids is 1. The normalized spacial score (nSPS) is 17.2. The standard InChI is InChI=1S/C15H21NO/c1-15(2,3)12-9-11-7-8-13(17)5-4-6-14(11)16-10-12/h9-10H,4-8H2,1-3H3. The van der Waals surface area contributed by atoms with Crippen LogP contribution in [-0.2, 0) is 23.1 Å². The van der Waals surface area contributed by atoms with Crippen molar-refractivity contribution in [3.8, 4) is 0 Å². The first-order valence-corrected chi connectivity index (χ1v) is 6.47. The van der Waals surface area contributed by atoms with Gasteiger partial charge < -0.3 is 0 Å². The van der Waals surface area contributed by atoms with E-state index in [0.717, 1.165) is 25.7 Å². The minimum atomic E-state index is 0.133. The van der Waals surface area contributed by atoms with E-state index < -0.39 is 0 Å². The van der Waals surface area contributed by atoms with Crippen molar-refractivity contribution in [1.29, 1.82) is 0 Å². The Morgan fingerprint density at radius 3 is 2.59 bits per heavy atom. The number of carbonyl (C=O) groups is 1. The van der Waals surface area contributed by atoms with Crippen molar-refractivity contribution in [2.45, 2.75) is 58.3 Å². The second-order valence-corrected chi connectivity index (χ2v) is 5.97. The minimum absolute atomic E-state index is 0.133. The monoisotopic (exact) mass is 231 g/mol. The molecule has 0 atom stereocenters. The van der Waals surface area contributed by atoms with Crippen LogP contribution in [0.5, 0.6) is 0 Å². The molecule has 17 heavy (non-hydrogen) atoms.